The summed E-state index contributed by atoms with van der Waals surface area (Å²) >= 11 is 1.22. The van der Waals surface area contributed by atoms with Gasteiger partial charge in [0, 0.05) is 18.1 Å². The predicted molar refractivity (Wildman–Crippen MR) is 121 cm³/mol. The molecule has 32 heavy (non-hydrogen) atoms. The van der Waals surface area contributed by atoms with E-state index in [1.54, 1.807) is 24.4 Å². The van der Waals surface area contributed by atoms with Crippen LogP contribution in [0.4, 0.5) is 5.13 Å². The van der Waals surface area contributed by atoms with Crippen molar-refractivity contribution < 1.29 is 14.7 Å². The number of hydrogen-bond acceptors (Lipinski definition) is 7. The van der Waals surface area contributed by atoms with Crippen LogP contribution in [0.15, 0.2) is 60.8 Å². The number of pyridine rings is 1. The van der Waals surface area contributed by atoms with Gasteiger partial charge in [-0.1, -0.05) is 47.7 Å². The number of nitrogens with zero attached hydrogens (tertiary/aromatic N) is 4. The molecule has 0 aliphatic carbocycles. The molecule has 3 heterocycles. The lowest BCUT2D eigenvalue weighted by Gasteiger charge is -2.24. The molecule has 5 rings (SSSR count). The fourth-order valence-corrected chi connectivity index (χ4v) is 4.64. The number of nitrogens with one attached hydrogen (secondary N) is 1. The van der Waals surface area contributed by atoms with Crippen molar-refractivity contribution in [2.45, 2.75) is 18.9 Å². The zero-order valence-corrected chi connectivity index (χ0v) is 17.7. The first-order valence-electron chi connectivity index (χ1n) is 10.2. The van der Waals surface area contributed by atoms with Crippen LogP contribution in [-0.2, 0) is 4.79 Å². The van der Waals surface area contributed by atoms with Gasteiger partial charge in [-0.3, -0.25) is 19.9 Å². The second kappa shape index (κ2) is 8.35. The monoisotopic (exact) mass is 445 g/mol. The summed E-state index contributed by atoms with van der Waals surface area (Å²) in [4.78, 5) is 31.9. The third kappa shape index (κ3) is 3.67. The van der Waals surface area contributed by atoms with E-state index < -0.39 is 6.04 Å². The number of aromatic nitrogens is 3. The standard InChI is InChI=1S/C23H19N5O3S/c29-19-15-7-2-1-6-14(15)10-11-16(19)22(31)28-13-5-9-18(28)20(30)25-23-27-26-21(32-23)17-8-3-4-12-24-17/h1-4,6-8,10-12,18,29H,5,9,13H2,(H,25,27,30). The summed E-state index contributed by atoms with van der Waals surface area (Å²) in [5.41, 5.74) is 0.867. The largest absolute Gasteiger partial charge is 0.506 e. The number of benzene rings is 2. The second-order valence-electron chi connectivity index (χ2n) is 7.46. The molecular formula is C23H19N5O3S. The number of rotatable bonds is 4. The topological polar surface area (TPSA) is 108 Å². The highest BCUT2D eigenvalue weighted by Crippen LogP contribution is 2.32. The molecule has 0 saturated carbocycles. The molecule has 9 heteroatoms. The second-order valence-corrected chi connectivity index (χ2v) is 8.43. The lowest BCUT2D eigenvalue weighted by atomic mass is 10.0. The first-order chi connectivity index (χ1) is 15.6. The Kier molecular flexibility index (Phi) is 5.24. The molecule has 4 aromatic rings. The highest BCUT2D eigenvalue weighted by molar-refractivity contribution is 7.18. The Labute approximate surface area is 187 Å². The van der Waals surface area contributed by atoms with Crippen LogP contribution in [0, 0.1) is 0 Å². The Morgan fingerprint density at radius 2 is 1.91 bits per heavy atom. The smallest absolute Gasteiger partial charge is 0.258 e. The fraction of sp³-hybridized carbons (Fsp3) is 0.174. The van der Waals surface area contributed by atoms with Crippen LogP contribution in [-0.4, -0.2) is 49.6 Å². The lowest BCUT2D eigenvalue weighted by Crippen LogP contribution is -2.43. The molecule has 2 aromatic carbocycles. The SMILES string of the molecule is O=C(Nc1nnc(-c2ccccn2)s1)C1CCCN1C(=O)c1ccc2ccccc2c1O. The molecule has 1 aliphatic heterocycles. The van der Waals surface area contributed by atoms with Crippen LogP contribution in [0.2, 0.25) is 0 Å². The van der Waals surface area contributed by atoms with E-state index in [-0.39, 0.29) is 23.1 Å². The molecule has 0 bridgehead atoms. The summed E-state index contributed by atoms with van der Waals surface area (Å²) < 4.78 is 0. The van der Waals surface area contributed by atoms with Crippen molar-refractivity contribution in [3.8, 4) is 16.5 Å². The highest BCUT2D eigenvalue weighted by atomic mass is 32.1. The van der Waals surface area contributed by atoms with Crippen LogP contribution in [0.5, 0.6) is 5.75 Å². The predicted octanol–water partition coefficient (Wildman–Crippen LogP) is 3.70. The van der Waals surface area contributed by atoms with E-state index in [9.17, 15) is 14.7 Å². The number of fused-ring (bicyclic) bond motifs is 1. The number of carbonyl (C=O) groups excluding carboxylic acids is 2. The van der Waals surface area contributed by atoms with Crippen molar-refractivity contribution in [3.05, 3.63) is 66.4 Å². The van der Waals surface area contributed by atoms with Gasteiger partial charge in [0.25, 0.3) is 5.91 Å². The molecule has 8 nitrogen and oxygen atoms in total. The first kappa shape index (κ1) is 20.1. The van der Waals surface area contributed by atoms with E-state index in [1.807, 2.05) is 36.4 Å². The van der Waals surface area contributed by atoms with Gasteiger partial charge in [0.2, 0.25) is 11.0 Å². The average molecular weight is 446 g/mol. The summed E-state index contributed by atoms with van der Waals surface area (Å²) in [6, 6.07) is 15.6. The lowest BCUT2D eigenvalue weighted by molar-refractivity contribution is -0.119. The Bertz CT molecular complexity index is 1310. The molecule has 2 aromatic heterocycles. The van der Waals surface area contributed by atoms with E-state index >= 15 is 0 Å². The number of aromatic hydroxyl groups is 1. The van der Waals surface area contributed by atoms with Gasteiger partial charge in [0.15, 0.2) is 5.01 Å². The minimum Gasteiger partial charge on any atom is -0.506 e. The molecule has 1 fully saturated rings. The van der Waals surface area contributed by atoms with Crippen LogP contribution in [0.3, 0.4) is 0 Å². The highest BCUT2D eigenvalue weighted by Gasteiger charge is 2.36. The van der Waals surface area contributed by atoms with E-state index in [1.165, 1.54) is 16.2 Å². The summed E-state index contributed by atoms with van der Waals surface area (Å²) in [5.74, 6) is -0.750. The number of likely N-dealkylation sites (tertiary alicyclic amines) is 1. The van der Waals surface area contributed by atoms with E-state index in [0.29, 0.717) is 40.6 Å². The Balaban J connectivity index is 1.34. The van der Waals surface area contributed by atoms with Crippen molar-refractivity contribution in [2.75, 3.05) is 11.9 Å². The molecule has 1 atom stereocenters. The number of amides is 2. The zero-order chi connectivity index (χ0) is 22.1. The summed E-state index contributed by atoms with van der Waals surface area (Å²) in [5, 5.41) is 24.0. The molecule has 0 spiro atoms. The summed E-state index contributed by atoms with van der Waals surface area (Å²) in [6.45, 7) is 0.443. The fourth-order valence-electron chi connectivity index (χ4n) is 3.92. The zero-order valence-electron chi connectivity index (χ0n) is 16.9. The van der Waals surface area contributed by atoms with Crippen molar-refractivity contribution in [2.24, 2.45) is 0 Å². The molecule has 2 N–H and O–H groups in total. The van der Waals surface area contributed by atoms with Crippen LogP contribution >= 0.6 is 11.3 Å². The van der Waals surface area contributed by atoms with Gasteiger partial charge in [0.05, 0.1) is 5.56 Å². The van der Waals surface area contributed by atoms with E-state index in [4.69, 9.17) is 0 Å². The molecule has 2 amide bonds. The van der Waals surface area contributed by atoms with E-state index in [2.05, 4.69) is 20.5 Å². The molecule has 1 aliphatic rings. The maximum absolute atomic E-state index is 13.2. The van der Waals surface area contributed by atoms with Gasteiger partial charge in [0.1, 0.15) is 17.5 Å². The molecule has 1 unspecified atom stereocenters. The van der Waals surface area contributed by atoms with Crippen LogP contribution in [0.1, 0.15) is 23.2 Å². The quantitative estimate of drug-likeness (QED) is 0.496. The summed E-state index contributed by atoms with van der Waals surface area (Å²) in [6.07, 6.45) is 2.91. The number of phenols is 1. The van der Waals surface area contributed by atoms with E-state index in [0.717, 1.165) is 5.39 Å². The van der Waals surface area contributed by atoms with Gasteiger partial charge in [-0.15, -0.1) is 10.2 Å². The van der Waals surface area contributed by atoms with Crippen molar-refractivity contribution >= 4 is 39.1 Å². The van der Waals surface area contributed by atoms with Crippen molar-refractivity contribution in [1.82, 2.24) is 20.1 Å². The average Bonchev–Trinajstić information content (AvgIpc) is 3.50. The molecule has 160 valence electrons. The normalized spacial score (nSPS) is 15.8. The van der Waals surface area contributed by atoms with Gasteiger partial charge >= 0.3 is 0 Å². The number of hydrogen-bond donors (Lipinski definition) is 2. The minimum absolute atomic E-state index is 0.0664. The van der Waals surface area contributed by atoms with Crippen molar-refractivity contribution in [1.29, 1.82) is 0 Å². The number of phenolic OH excluding ortho intramolecular Hbond substituents is 1. The van der Waals surface area contributed by atoms with Gasteiger partial charge < -0.3 is 10.0 Å². The van der Waals surface area contributed by atoms with Gasteiger partial charge in [-0.2, -0.15) is 0 Å². The third-order valence-corrected chi connectivity index (χ3v) is 6.35. The summed E-state index contributed by atoms with van der Waals surface area (Å²) in [7, 11) is 0. The molecule has 1 saturated heterocycles. The van der Waals surface area contributed by atoms with Crippen LogP contribution in [0.25, 0.3) is 21.5 Å². The van der Waals surface area contributed by atoms with Gasteiger partial charge in [-0.05, 0) is 36.4 Å². The number of carbonyl (C=O) groups is 2. The maximum atomic E-state index is 13.2. The van der Waals surface area contributed by atoms with Crippen LogP contribution < -0.4 is 5.32 Å². The Morgan fingerprint density at radius 3 is 2.75 bits per heavy atom. The maximum Gasteiger partial charge on any atom is 0.258 e. The third-order valence-electron chi connectivity index (χ3n) is 5.49. The number of anilines is 1. The Morgan fingerprint density at radius 1 is 1.06 bits per heavy atom. The van der Waals surface area contributed by atoms with Crippen molar-refractivity contribution in [3.63, 3.8) is 0 Å². The minimum atomic E-state index is -0.643. The molecular weight excluding hydrogens is 426 g/mol. The van der Waals surface area contributed by atoms with Gasteiger partial charge in [-0.25, -0.2) is 0 Å². The first-order valence-corrected chi connectivity index (χ1v) is 11.0. The Hall–Kier alpha value is -3.85. The molecule has 0 radical (unpaired) electrons.